The Bertz CT molecular complexity index is 2540. The van der Waals surface area contributed by atoms with Gasteiger partial charge in [0.05, 0.1) is 6.04 Å². The van der Waals surface area contributed by atoms with Crippen LogP contribution < -0.4 is 21.3 Å². The third-order valence-corrected chi connectivity index (χ3v) is 13.3. The van der Waals surface area contributed by atoms with E-state index in [1.165, 1.54) is 17.7 Å². The Hall–Kier alpha value is -5.21. The van der Waals surface area contributed by atoms with Crippen LogP contribution in [0.4, 0.5) is 19.8 Å². The highest BCUT2D eigenvalue weighted by Gasteiger charge is 2.44. The van der Waals surface area contributed by atoms with E-state index in [0.29, 0.717) is 24.2 Å². The number of carbonyl (C=O) groups excluding carboxylic acids is 2. The number of anilines is 1. The Morgan fingerprint density at radius 1 is 0.667 bits per heavy atom. The molecule has 2 aliphatic heterocycles. The third-order valence-electron chi connectivity index (χ3n) is 11.6. The lowest BCUT2D eigenvalue weighted by atomic mass is 9.90. The normalized spacial score (nSPS) is 18.7. The summed E-state index contributed by atoms with van der Waals surface area (Å²) < 4.78 is 68.0. The van der Waals surface area contributed by atoms with Crippen molar-refractivity contribution < 1.29 is 40.3 Å². The van der Waals surface area contributed by atoms with Gasteiger partial charge in [0.1, 0.15) is 17.0 Å². The zero-order valence-electron chi connectivity index (χ0n) is 41.7. The molecule has 69 heavy (non-hydrogen) atoms. The number of ether oxygens (including phenoxy) is 2. The van der Waals surface area contributed by atoms with E-state index in [-0.39, 0.29) is 40.4 Å². The van der Waals surface area contributed by atoms with E-state index in [4.69, 9.17) is 20.3 Å². The van der Waals surface area contributed by atoms with Gasteiger partial charge >= 0.3 is 12.2 Å². The van der Waals surface area contributed by atoms with Gasteiger partial charge in [0.15, 0.2) is 10.1 Å². The maximum Gasteiger partial charge on any atom is 0.410 e. The van der Waals surface area contributed by atoms with Gasteiger partial charge in [-0.2, -0.15) is 4.39 Å². The second kappa shape index (κ2) is 23.1. The number of sulfonamides is 2. The first kappa shape index (κ1) is 56.4. The van der Waals surface area contributed by atoms with Gasteiger partial charge in [-0.05, 0) is 155 Å². The second-order valence-electron chi connectivity index (χ2n) is 21.0. The first-order valence-corrected chi connectivity index (χ1v) is 26.2. The van der Waals surface area contributed by atoms with Crippen molar-refractivity contribution >= 4 is 38.1 Å². The van der Waals surface area contributed by atoms with Gasteiger partial charge in [-0.1, -0.05) is 72.8 Å². The van der Waals surface area contributed by atoms with Crippen LogP contribution >= 0.6 is 0 Å². The lowest BCUT2D eigenvalue weighted by Gasteiger charge is -2.33. The molecule has 2 fully saturated rings. The number of carbonyl (C=O) groups is 2. The number of aromatic nitrogens is 2. The standard InChI is InChI=1S/C25H36N4O4S.C20H32N2O2.C5H5FN2O2S/c1-24(2,3)33-23(30)29-17-18(16-25(29,4)5)14-15-20(19-10-7-6-8-11-19)27-21-12-9-13-22(28-21)34(26,31)32;1-19(2,3)24-18(23)22-14-15(13-20(22,4)5)11-12-17(21)16-9-7-6-8-10-16;6-4-2-1-3-5(8-4)11(7,9)10/h6-13,18,20H,14-17H2,1-5H3,(H,27,28)(H2,26,31,32);6-10,15,17H,11-14,21H2,1-5H3;1-3H,(H2,7,9,10). The topological polar surface area (TPSA) is 243 Å². The monoisotopic (exact) mass is 996 g/mol. The van der Waals surface area contributed by atoms with Crippen molar-refractivity contribution in [2.75, 3.05) is 18.4 Å². The highest BCUT2D eigenvalue weighted by Crippen LogP contribution is 2.39. The highest BCUT2D eigenvalue weighted by atomic mass is 32.2. The van der Waals surface area contributed by atoms with Crippen LogP contribution in [-0.2, 0) is 29.5 Å². The Morgan fingerprint density at radius 2 is 1.09 bits per heavy atom. The van der Waals surface area contributed by atoms with Gasteiger partial charge in [-0.3, -0.25) is 0 Å². The molecule has 4 atom stereocenters. The molecule has 6 rings (SSSR count). The van der Waals surface area contributed by atoms with Gasteiger partial charge in [0.2, 0.25) is 5.95 Å². The number of hydrogen-bond donors (Lipinski definition) is 4. The summed E-state index contributed by atoms with van der Waals surface area (Å²) in [4.78, 5) is 36.2. The number of likely N-dealkylation sites (tertiary alicyclic amines) is 2. The summed E-state index contributed by atoms with van der Waals surface area (Å²) in [7, 11) is -7.77. The van der Waals surface area contributed by atoms with E-state index in [9.17, 15) is 30.8 Å². The predicted octanol–water partition coefficient (Wildman–Crippen LogP) is 9.07. The Balaban J connectivity index is 0.000000255. The van der Waals surface area contributed by atoms with E-state index < -0.39 is 42.2 Å². The molecule has 380 valence electrons. The quantitative estimate of drug-likeness (QED) is 0.0972. The molecule has 7 N–H and O–H groups in total. The third kappa shape index (κ3) is 18.2. The fraction of sp³-hybridized carbons (Fsp3) is 0.520. The minimum atomic E-state index is -3.89. The smallest absolute Gasteiger partial charge is 0.410 e. The molecule has 2 aromatic heterocycles. The van der Waals surface area contributed by atoms with Crippen LogP contribution in [0.3, 0.4) is 0 Å². The van der Waals surface area contributed by atoms with Gasteiger partial charge in [-0.15, -0.1) is 0 Å². The summed E-state index contributed by atoms with van der Waals surface area (Å²) in [5.41, 5.74) is 7.13. The van der Waals surface area contributed by atoms with E-state index >= 15 is 0 Å². The van der Waals surface area contributed by atoms with Crippen LogP contribution in [0.2, 0.25) is 0 Å². The van der Waals surface area contributed by atoms with Crippen molar-refractivity contribution in [2.45, 2.75) is 152 Å². The van der Waals surface area contributed by atoms with Crippen molar-refractivity contribution in [3.8, 4) is 0 Å². The van der Waals surface area contributed by atoms with E-state index in [1.54, 1.807) is 12.1 Å². The van der Waals surface area contributed by atoms with Crippen LogP contribution in [-0.4, -0.2) is 84.2 Å². The summed E-state index contributed by atoms with van der Waals surface area (Å²) in [5, 5.41) is 12.7. The molecule has 0 bridgehead atoms. The fourth-order valence-corrected chi connectivity index (χ4v) is 9.49. The number of hydrogen-bond acceptors (Lipinski definition) is 12. The molecule has 0 aliphatic carbocycles. The molecular formula is C50H73FN8O8S2. The maximum atomic E-state index is 12.8. The molecule has 4 heterocycles. The van der Waals surface area contributed by atoms with E-state index in [2.05, 4.69) is 60.3 Å². The number of pyridine rings is 2. The summed E-state index contributed by atoms with van der Waals surface area (Å²) >= 11 is 0. The number of rotatable bonds is 12. The van der Waals surface area contributed by atoms with Gasteiger partial charge in [0.25, 0.3) is 20.0 Å². The largest absolute Gasteiger partial charge is 0.444 e. The minimum absolute atomic E-state index is 0.0601. The van der Waals surface area contributed by atoms with Crippen LogP contribution in [0.1, 0.15) is 131 Å². The summed E-state index contributed by atoms with van der Waals surface area (Å²) in [6.45, 7) is 21.1. The van der Waals surface area contributed by atoms with Crippen molar-refractivity contribution in [1.82, 2.24) is 19.8 Å². The molecule has 19 heteroatoms. The SMILES string of the molecule is CC(C)(C)OC(=O)N1CC(CCC(N)c2ccccc2)CC1(C)C.CC(C)(C)OC(=O)N1CC(CCC(Nc2cccc(S(N)(=O)=O)n2)c2ccccc2)CC1(C)C.NS(=O)(=O)c1cccc(F)n1. The summed E-state index contributed by atoms with van der Waals surface area (Å²) in [6.07, 6.45) is 5.02. The molecule has 0 spiro atoms. The van der Waals surface area contributed by atoms with Crippen molar-refractivity contribution in [3.05, 3.63) is 114 Å². The number of benzene rings is 2. The average Bonchev–Trinajstić information content (AvgIpc) is 3.73. The molecule has 2 saturated heterocycles. The lowest BCUT2D eigenvalue weighted by molar-refractivity contribution is 0.0118. The van der Waals surface area contributed by atoms with E-state index in [0.717, 1.165) is 62.8 Å². The first-order valence-electron chi connectivity index (χ1n) is 23.1. The zero-order valence-corrected chi connectivity index (χ0v) is 43.3. The lowest BCUT2D eigenvalue weighted by Crippen LogP contribution is -2.45. The zero-order chi connectivity index (χ0) is 51.6. The Morgan fingerprint density at radius 3 is 1.51 bits per heavy atom. The van der Waals surface area contributed by atoms with Gasteiger partial charge < -0.3 is 30.3 Å². The van der Waals surface area contributed by atoms with Crippen LogP contribution in [0.15, 0.2) is 107 Å². The van der Waals surface area contributed by atoms with Crippen molar-refractivity contribution in [2.24, 2.45) is 27.8 Å². The molecule has 2 aromatic carbocycles. The number of primary sulfonamides is 2. The highest BCUT2D eigenvalue weighted by molar-refractivity contribution is 7.89. The first-order chi connectivity index (χ1) is 31.8. The summed E-state index contributed by atoms with van der Waals surface area (Å²) in [5.74, 6) is 0.376. The van der Waals surface area contributed by atoms with Gasteiger partial charge in [0, 0.05) is 30.2 Å². The Labute approximate surface area is 409 Å². The maximum absolute atomic E-state index is 12.8. The molecule has 0 saturated carbocycles. The van der Waals surface area contributed by atoms with Crippen LogP contribution in [0, 0.1) is 17.8 Å². The number of amides is 2. The van der Waals surface area contributed by atoms with Crippen molar-refractivity contribution in [1.29, 1.82) is 0 Å². The van der Waals surface area contributed by atoms with Crippen molar-refractivity contribution in [3.63, 3.8) is 0 Å². The molecule has 2 aliphatic rings. The number of halogens is 1. The van der Waals surface area contributed by atoms with E-state index in [1.807, 2.05) is 99.9 Å². The number of nitrogens with one attached hydrogen (secondary N) is 1. The second-order valence-corrected chi connectivity index (χ2v) is 24.0. The summed E-state index contributed by atoms with van der Waals surface area (Å²) in [6, 6.07) is 28.3. The minimum Gasteiger partial charge on any atom is -0.444 e. The predicted molar refractivity (Wildman–Crippen MR) is 266 cm³/mol. The molecule has 4 unspecified atom stereocenters. The Kier molecular flexibility index (Phi) is 18.9. The molecule has 0 radical (unpaired) electrons. The van der Waals surface area contributed by atoms with Gasteiger partial charge in [-0.25, -0.2) is 46.7 Å². The molecule has 2 amide bonds. The van der Waals surface area contributed by atoms with Crippen LogP contribution in [0.25, 0.3) is 0 Å². The average molecular weight is 997 g/mol. The molecule has 4 aromatic rings. The number of nitrogens with two attached hydrogens (primary N) is 3. The number of nitrogens with zero attached hydrogens (tertiary/aromatic N) is 4. The molecule has 16 nitrogen and oxygen atoms in total. The van der Waals surface area contributed by atoms with Crippen LogP contribution in [0.5, 0.6) is 0 Å². The molecular weight excluding hydrogens is 924 g/mol. The fourth-order valence-electron chi connectivity index (χ4n) is 8.51.